The molecular weight excluding hydrogens is 298 g/mol. The van der Waals surface area contributed by atoms with Gasteiger partial charge in [0.15, 0.2) is 0 Å². The van der Waals surface area contributed by atoms with Gasteiger partial charge in [0.25, 0.3) is 0 Å². The van der Waals surface area contributed by atoms with Gasteiger partial charge in [0.05, 0.1) is 6.54 Å². The fourth-order valence-electron chi connectivity index (χ4n) is 2.36. The Morgan fingerprint density at radius 1 is 1.04 bits per heavy atom. The zero-order valence-corrected chi connectivity index (χ0v) is 15.2. The summed E-state index contributed by atoms with van der Waals surface area (Å²) in [6, 6.07) is -0.0798. The van der Waals surface area contributed by atoms with Crippen LogP contribution in [0.5, 0.6) is 0 Å². The van der Waals surface area contributed by atoms with Crippen LogP contribution in [0.15, 0.2) is 0 Å². The predicted molar refractivity (Wildman–Crippen MR) is 88.1 cm³/mol. The molecule has 1 unspecified atom stereocenters. The maximum atomic E-state index is 12.1. The lowest BCUT2D eigenvalue weighted by molar-refractivity contribution is -0.157. The fraction of sp³-hybridized carbons (Fsp3) is 0.875. The van der Waals surface area contributed by atoms with Gasteiger partial charge in [-0.2, -0.15) is 0 Å². The van der Waals surface area contributed by atoms with Crippen LogP contribution in [-0.4, -0.2) is 71.8 Å². The highest BCUT2D eigenvalue weighted by Crippen LogP contribution is 2.15. The highest BCUT2D eigenvalue weighted by atomic mass is 16.6. The zero-order valence-electron chi connectivity index (χ0n) is 15.2. The first kappa shape index (κ1) is 19.7. The van der Waals surface area contributed by atoms with Gasteiger partial charge in [0.2, 0.25) is 0 Å². The number of ether oxygens (including phenoxy) is 2. The number of carbonyl (C=O) groups excluding carboxylic acids is 2. The molecule has 0 bridgehead atoms. The van der Waals surface area contributed by atoms with E-state index in [-0.39, 0.29) is 24.6 Å². The number of rotatable bonds is 3. The molecule has 1 saturated heterocycles. The van der Waals surface area contributed by atoms with E-state index in [2.05, 4.69) is 0 Å². The number of amides is 1. The maximum Gasteiger partial charge on any atom is 0.410 e. The van der Waals surface area contributed by atoms with Gasteiger partial charge in [-0.1, -0.05) is 0 Å². The molecule has 0 aromatic rings. The van der Waals surface area contributed by atoms with E-state index in [0.29, 0.717) is 26.2 Å². The summed E-state index contributed by atoms with van der Waals surface area (Å²) in [5, 5.41) is 0. The van der Waals surface area contributed by atoms with E-state index >= 15 is 0 Å². The van der Waals surface area contributed by atoms with E-state index in [1.54, 1.807) is 4.90 Å². The third-order valence-corrected chi connectivity index (χ3v) is 3.28. The number of hydrogen-bond donors (Lipinski definition) is 1. The highest BCUT2D eigenvalue weighted by Gasteiger charge is 2.32. The molecule has 134 valence electrons. The second-order valence-corrected chi connectivity index (χ2v) is 7.87. The third kappa shape index (κ3) is 7.18. The Hall–Kier alpha value is -1.34. The molecule has 7 heteroatoms. The lowest BCUT2D eigenvalue weighted by Crippen LogP contribution is -2.59. The molecule has 1 rings (SSSR count). The molecule has 1 atom stereocenters. The second-order valence-electron chi connectivity index (χ2n) is 7.87. The topological polar surface area (TPSA) is 85.1 Å². The summed E-state index contributed by atoms with van der Waals surface area (Å²) in [4.78, 5) is 27.7. The summed E-state index contributed by atoms with van der Waals surface area (Å²) in [6.45, 7) is 13.1. The van der Waals surface area contributed by atoms with Crippen molar-refractivity contribution in [2.24, 2.45) is 5.73 Å². The minimum absolute atomic E-state index is 0.0798. The number of carbonyl (C=O) groups is 2. The van der Waals surface area contributed by atoms with E-state index < -0.39 is 11.2 Å². The Morgan fingerprint density at radius 3 is 2.09 bits per heavy atom. The van der Waals surface area contributed by atoms with Crippen LogP contribution in [0, 0.1) is 0 Å². The van der Waals surface area contributed by atoms with Gasteiger partial charge in [-0.05, 0) is 41.5 Å². The minimum atomic E-state index is -0.525. The molecule has 0 radical (unpaired) electrons. The predicted octanol–water partition coefficient (Wildman–Crippen LogP) is 1.21. The Labute approximate surface area is 139 Å². The van der Waals surface area contributed by atoms with E-state index in [4.69, 9.17) is 15.2 Å². The van der Waals surface area contributed by atoms with Crippen molar-refractivity contribution in [1.29, 1.82) is 0 Å². The second kappa shape index (κ2) is 7.49. The third-order valence-electron chi connectivity index (χ3n) is 3.28. The average molecular weight is 329 g/mol. The molecule has 23 heavy (non-hydrogen) atoms. The molecule has 0 spiro atoms. The summed E-state index contributed by atoms with van der Waals surface area (Å²) in [7, 11) is 0. The highest BCUT2D eigenvalue weighted by molar-refractivity contribution is 5.72. The van der Waals surface area contributed by atoms with Gasteiger partial charge in [0.1, 0.15) is 11.2 Å². The van der Waals surface area contributed by atoms with Crippen LogP contribution in [0.2, 0.25) is 0 Å². The van der Waals surface area contributed by atoms with Gasteiger partial charge in [-0.25, -0.2) is 4.79 Å². The number of nitrogens with zero attached hydrogens (tertiary/aromatic N) is 2. The summed E-state index contributed by atoms with van der Waals surface area (Å²) in [6.07, 6.45) is -0.340. The van der Waals surface area contributed by atoms with Gasteiger partial charge < -0.3 is 20.1 Å². The average Bonchev–Trinajstić information content (AvgIpc) is 2.34. The van der Waals surface area contributed by atoms with E-state index in [9.17, 15) is 9.59 Å². The smallest absolute Gasteiger partial charge is 0.410 e. The molecule has 1 fully saturated rings. The van der Waals surface area contributed by atoms with Crippen LogP contribution in [0.25, 0.3) is 0 Å². The SMILES string of the molecule is CC(C)(C)OC(=O)CN1CCN(C(=O)OC(C)(C)C)CC1CN. The Morgan fingerprint density at radius 2 is 1.61 bits per heavy atom. The summed E-state index contributed by atoms with van der Waals surface area (Å²) in [5.74, 6) is -0.276. The van der Waals surface area contributed by atoms with Gasteiger partial charge in [-0.15, -0.1) is 0 Å². The van der Waals surface area contributed by atoms with Crippen LogP contribution < -0.4 is 5.73 Å². The summed E-state index contributed by atoms with van der Waals surface area (Å²) in [5.41, 5.74) is 4.78. The first-order chi connectivity index (χ1) is 10.4. The lowest BCUT2D eigenvalue weighted by Gasteiger charge is -2.40. The van der Waals surface area contributed by atoms with Gasteiger partial charge in [-0.3, -0.25) is 9.69 Å². The molecule has 1 heterocycles. The van der Waals surface area contributed by atoms with Gasteiger partial charge in [0, 0.05) is 32.2 Å². The normalized spacial score (nSPS) is 20.3. The monoisotopic (exact) mass is 329 g/mol. The zero-order chi connectivity index (χ0) is 17.8. The Kier molecular flexibility index (Phi) is 6.41. The molecule has 7 nitrogen and oxygen atoms in total. The standard InChI is InChI=1S/C16H31N3O4/c1-15(2,3)22-13(20)11-18-7-8-19(10-12(18)9-17)14(21)23-16(4,5)6/h12H,7-11,17H2,1-6H3. The van der Waals surface area contributed by atoms with Crippen LogP contribution in [-0.2, 0) is 14.3 Å². The molecule has 0 saturated carbocycles. The quantitative estimate of drug-likeness (QED) is 0.783. The van der Waals surface area contributed by atoms with Crippen molar-refractivity contribution in [2.45, 2.75) is 58.8 Å². The van der Waals surface area contributed by atoms with Crippen molar-refractivity contribution < 1.29 is 19.1 Å². The molecule has 1 aliphatic rings. The number of hydrogen-bond acceptors (Lipinski definition) is 6. The van der Waals surface area contributed by atoms with E-state index in [1.165, 1.54) is 0 Å². The Balaban J connectivity index is 2.59. The van der Waals surface area contributed by atoms with Crippen molar-refractivity contribution in [3.05, 3.63) is 0 Å². The van der Waals surface area contributed by atoms with Crippen molar-refractivity contribution in [3.8, 4) is 0 Å². The molecule has 0 aromatic carbocycles. The largest absolute Gasteiger partial charge is 0.459 e. The van der Waals surface area contributed by atoms with E-state index in [1.807, 2.05) is 46.4 Å². The maximum absolute atomic E-state index is 12.1. The van der Waals surface area contributed by atoms with Crippen LogP contribution >= 0.6 is 0 Å². The van der Waals surface area contributed by atoms with Crippen LogP contribution in [0.4, 0.5) is 4.79 Å². The molecule has 1 amide bonds. The van der Waals surface area contributed by atoms with Crippen molar-refractivity contribution >= 4 is 12.1 Å². The Bertz CT molecular complexity index is 426. The number of piperazine rings is 1. The first-order valence-corrected chi connectivity index (χ1v) is 8.05. The van der Waals surface area contributed by atoms with Crippen molar-refractivity contribution in [1.82, 2.24) is 9.80 Å². The first-order valence-electron chi connectivity index (χ1n) is 8.05. The van der Waals surface area contributed by atoms with Gasteiger partial charge >= 0.3 is 12.1 Å². The summed E-state index contributed by atoms with van der Waals surface area (Å²) >= 11 is 0. The molecule has 0 aliphatic carbocycles. The summed E-state index contributed by atoms with van der Waals surface area (Å²) < 4.78 is 10.7. The van der Waals surface area contributed by atoms with Crippen LogP contribution in [0.1, 0.15) is 41.5 Å². The molecule has 2 N–H and O–H groups in total. The van der Waals surface area contributed by atoms with Crippen molar-refractivity contribution in [2.75, 3.05) is 32.7 Å². The fourth-order valence-corrected chi connectivity index (χ4v) is 2.36. The minimum Gasteiger partial charge on any atom is -0.459 e. The molecular formula is C16H31N3O4. The van der Waals surface area contributed by atoms with E-state index in [0.717, 1.165) is 0 Å². The lowest BCUT2D eigenvalue weighted by atomic mass is 10.1. The molecule has 0 aromatic heterocycles. The molecule has 1 aliphatic heterocycles. The number of nitrogens with two attached hydrogens (primary N) is 1. The number of esters is 1. The van der Waals surface area contributed by atoms with Crippen LogP contribution in [0.3, 0.4) is 0 Å². The van der Waals surface area contributed by atoms with Crippen molar-refractivity contribution in [3.63, 3.8) is 0 Å².